The molecule has 0 radical (unpaired) electrons. The maximum Gasteiger partial charge on any atom is 0.257 e. The lowest BCUT2D eigenvalue weighted by Crippen LogP contribution is -2.08. The summed E-state index contributed by atoms with van der Waals surface area (Å²) in [6, 6.07) is 1.82. The number of pyridine rings is 1. The third-order valence-corrected chi connectivity index (χ3v) is 2.19. The van der Waals surface area contributed by atoms with Crippen LogP contribution >= 0.6 is 0 Å². The van der Waals surface area contributed by atoms with Crippen molar-refractivity contribution in [3.8, 4) is 17.4 Å². The Kier molecular flexibility index (Phi) is 3.17. The van der Waals surface area contributed by atoms with E-state index in [2.05, 4.69) is 4.98 Å². The van der Waals surface area contributed by atoms with Crippen LogP contribution < -0.4 is 14.2 Å². The van der Waals surface area contributed by atoms with E-state index in [1.165, 1.54) is 0 Å². The molecule has 4 nitrogen and oxygen atoms in total. The third kappa shape index (κ3) is 2.78. The fraction of sp³-hybridized carbons (Fsp3) is 0.583. The van der Waals surface area contributed by atoms with Crippen molar-refractivity contribution in [1.82, 2.24) is 4.98 Å². The van der Waals surface area contributed by atoms with Crippen molar-refractivity contribution in [3.05, 3.63) is 12.3 Å². The summed E-state index contributed by atoms with van der Waals surface area (Å²) in [4.78, 5) is 4.20. The lowest BCUT2D eigenvalue weighted by atomic mass is 10.4. The molecule has 1 aromatic rings. The molecule has 1 heterocycles. The second-order valence-electron chi connectivity index (χ2n) is 4.16. The van der Waals surface area contributed by atoms with Crippen LogP contribution in [-0.2, 0) is 0 Å². The Morgan fingerprint density at radius 2 is 2.12 bits per heavy atom. The Hall–Kier alpha value is -1.45. The first-order chi connectivity index (χ1) is 7.69. The zero-order chi connectivity index (χ0) is 11.5. The van der Waals surface area contributed by atoms with Gasteiger partial charge in [0, 0.05) is 6.07 Å². The van der Waals surface area contributed by atoms with Gasteiger partial charge in [0.15, 0.2) is 5.75 Å². The maximum atomic E-state index is 5.63. The van der Waals surface area contributed by atoms with Gasteiger partial charge in [-0.2, -0.15) is 0 Å². The average molecular weight is 223 g/mol. The molecular weight excluding hydrogens is 206 g/mol. The summed E-state index contributed by atoms with van der Waals surface area (Å²) >= 11 is 0. The molecule has 0 unspecified atom stereocenters. The number of hydrogen-bond acceptors (Lipinski definition) is 4. The van der Waals surface area contributed by atoms with Gasteiger partial charge >= 0.3 is 0 Å². The van der Waals surface area contributed by atoms with Gasteiger partial charge in [-0.15, -0.1) is 0 Å². The molecule has 1 aromatic heterocycles. The van der Waals surface area contributed by atoms with Crippen LogP contribution in [0.15, 0.2) is 12.3 Å². The van der Waals surface area contributed by atoms with Gasteiger partial charge in [-0.3, -0.25) is 0 Å². The van der Waals surface area contributed by atoms with Crippen LogP contribution in [0.25, 0.3) is 0 Å². The smallest absolute Gasteiger partial charge is 0.257 e. The predicted octanol–water partition coefficient (Wildman–Crippen LogP) is 2.42. The van der Waals surface area contributed by atoms with E-state index in [0.29, 0.717) is 17.7 Å². The second kappa shape index (κ2) is 4.60. The van der Waals surface area contributed by atoms with Crippen molar-refractivity contribution in [2.24, 2.45) is 0 Å². The fourth-order valence-corrected chi connectivity index (χ4v) is 1.31. The molecule has 0 bridgehead atoms. The summed E-state index contributed by atoms with van der Waals surface area (Å²) in [5.41, 5.74) is 0. The van der Waals surface area contributed by atoms with E-state index in [0.717, 1.165) is 18.6 Å². The molecule has 0 amide bonds. The molecule has 1 saturated carbocycles. The van der Waals surface area contributed by atoms with Crippen molar-refractivity contribution in [2.75, 3.05) is 7.11 Å². The lowest BCUT2D eigenvalue weighted by molar-refractivity contribution is 0.218. The third-order valence-electron chi connectivity index (χ3n) is 2.19. The molecule has 0 spiro atoms. The monoisotopic (exact) mass is 223 g/mol. The molecule has 0 aliphatic heterocycles. The number of methoxy groups -OCH3 is 1. The summed E-state index contributed by atoms with van der Waals surface area (Å²) in [6.07, 6.45) is 4.39. The van der Waals surface area contributed by atoms with Gasteiger partial charge in [-0.25, -0.2) is 4.98 Å². The van der Waals surface area contributed by atoms with Gasteiger partial charge in [0.05, 0.1) is 25.5 Å². The predicted molar refractivity (Wildman–Crippen MR) is 60.2 cm³/mol. The second-order valence-corrected chi connectivity index (χ2v) is 4.16. The fourth-order valence-electron chi connectivity index (χ4n) is 1.31. The van der Waals surface area contributed by atoms with Gasteiger partial charge < -0.3 is 14.2 Å². The van der Waals surface area contributed by atoms with Crippen LogP contribution in [0.4, 0.5) is 0 Å². The first-order valence-electron chi connectivity index (χ1n) is 5.56. The zero-order valence-corrected chi connectivity index (χ0v) is 9.90. The molecule has 1 fully saturated rings. The molecule has 88 valence electrons. The van der Waals surface area contributed by atoms with Crippen LogP contribution in [0.2, 0.25) is 0 Å². The van der Waals surface area contributed by atoms with E-state index in [-0.39, 0.29) is 6.10 Å². The molecule has 4 heteroatoms. The minimum absolute atomic E-state index is 0.0802. The van der Waals surface area contributed by atoms with E-state index in [9.17, 15) is 0 Å². The number of nitrogens with zero attached hydrogens (tertiary/aromatic N) is 1. The van der Waals surface area contributed by atoms with Gasteiger partial charge in [0.25, 0.3) is 5.88 Å². The van der Waals surface area contributed by atoms with Crippen molar-refractivity contribution in [3.63, 3.8) is 0 Å². The quantitative estimate of drug-likeness (QED) is 0.768. The molecule has 0 saturated heterocycles. The van der Waals surface area contributed by atoms with Crippen LogP contribution in [-0.4, -0.2) is 24.3 Å². The highest BCUT2D eigenvalue weighted by molar-refractivity contribution is 5.39. The van der Waals surface area contributed by atoms with Crippen LogP contribution in [0.1, 0.15) is 26.7 Å². The summed E-state index contributed by atoms with van der Waals surface area (Å²) in [5.74, 6) is 1.88. The number of rotatable bonds is 5. The van der Waals surface area contributed by atoms with Gasteiger partial charge in [-0.1, -0.05) is 0 Å². The SMILES string of the molecule is COc1cc(OC2CC2)cnc1OC(C)C. The minimum Gasteiger partial charge on any atom is -0.491 e. The van der Waals surface area contributed by atoms with Crippen molar-refractivity contribution < 1.29 is 14.2 Å². The standard InChI is InChI=1S/C12H17NO3/c1-8(2)15-12-11(14-3)6-10(7-13-12)16-9-4-5-9/h6-9H,4-5H2,1-3H3. The molecule has 0 aromatic carbocycles. The zero-order valence-electron chi connectivity index (χ0n) is 9.90. The Labute approximate surface area is 95.5 Å². The Morgan fingerprint density at radius 3 is 2.69 bits per heavy atom. The topological polar surface area (TPSA) is 40.6 Å². The van der Waals surface area contributed by atoms with Gasteiger partial charge in [0.2, 0.25) is 0 Å². The number of aromatic nitrogens is 1. The van der Waals surface area contributed by atoms with E-state index in [1.807, 2.05) is 19.9 Å². The van der Waals surface area contributed by atoms with Crippen molar-refractivity contribution >= 4 is 0 Å². The Balaban J connectivity index is 2.12. The van der Waals surface area contributed by atoms with Crippen molar-refractivity contribution in [1.29, 1.82) is 0 Å². The molecule has 1 aliphatic carbocycles. The van der Waals surface area contributed by atoms with E-state index in [1.54, 1.807) is 13.3 Å². The van der Waals surface area contributed by atoms with Crippen molar-refractivity contribution in [2.45, 2.75) is 38.9 Å². The molecular formula is C12H17NO3. The van der Waals surface area contributed by atoms with E-state index in [4.69, 9.17) is 14.2 Å². The summed E-state index contributed by atoms with van der Waals surface area (Å²) in [6.45, 7) is 3.91. The van der Waals surface area contributed by atoms with Gasteiger partial charge in [-0.05, 0) is 26.7 Å². The number of hydrogen-bond donors (Lipinski definition) is 0. The van der Waals surface area contributed by atoms with Crippen LogP contribution in [0, 0.1) is 0 Å². The highest BCUT2D eigenvalue weighted by atomic mass is 16.5. The highest BCUT2D eigenvalue weighted by Crippen LogP contribution is 2.32. The molecule has 16 heavy (non-hydrogen) atoms. The highest BCUT2D eigenvalue weighted by Gasteiger charge is 2.24. The molecule has 0 N–H and O–H groups in total. The lowest BCUT2D eigenvalue weighted by Gasteiger charge is -2.13. The van der Waals surface area contributed by atoms with E-state index >= 15 is 0 Å². The summed E-state index contributed by atoms with van der Waals surface area (Å²) < 4.78 is 16.4. The molecule has 0 atom stereocenters. The number of ether oxygens (including phenoxy) is 3. The first kappa shape index (κ1) is 11.0. The van der Waals surface area contributed by atoms with E-state index < -0.39 is 0 Å². The largest absolute Gasteiger partial charge is 0.491 e. The molecule has 2 rings (SSSR count). The minimum atomic E-state index is 0.0802. The average Bonchev–Trinajstić information content (AvgIpc) is 3.03. The Bertz CT molecular complexity index is 361. The van der Waals surface area contributed by atoms with Crippen LogP contribution in [0.5, 0.6) is 17.4 Å². The first-order valence-corrected chi connectivity index (χ1v) is 5.56. The van der Waals surface area contributed by atoms with Gasteiger partial charge in [0.1, 0.15) is 5.75 Å². The summed E-state index contributed by atoms with van der Waals surface area (Å²) in [5, 5.41) is 0. The van der Waals surface area contributed by atoms with Crippen LogP contribution in [0.3, 0.4) is 0 Å². The Morgan fingerprint density at radius 1 is 1.38 bits per heavy atom. The maximum absolute atomic E-state index is 5.63. The normalized spacial score (nSPS) is 15.0. The summed E-state index contributed by atoms with van der Waals surface area (Å²) in [7, 11) is 1.60. The molecule has 1 aliphatic rings.